The van der Waals surface area contributed by atoms with Crippen LogP contribution in [0.15, 0.2) is 162 Å². The lowest BCUT2D eigenvalue weighted by Crippen LogP contribution is -2.58. The molecule has 0 spiro atoms. The summed E-state index contributed by atoms with van der Waals surface area (Å²) in [5, 5.41) is 1.88. The Kier molecular flexibility index (Phi) is 27.2. The lowest BCUT2D eigenvalue weighted by atomic mass is 10.0. The Balaban J connectivity index is 0.000000158. The van der Waals surface area contributed by atoms with E-state index in [-0.39, 0.29) is 134 Å². The minimum absolute atomic E-state index is 0.0237. The highest BCUT2D eigenvalue weighted by Gasteiger charge is 2.42. The number of anilines is 3. The Morgan fingerprint density at radius 1 is 0.458 bits per heavy atom. The first-order chi connectivity index (χ1) is 62.2. The molecule has 12 aromatic rings. The molecule has 16 rings (SSSR count). The molecule has 0 radical (unpaired) electrons. The summed E-state index contributed by atoms with van der Waals surface area (Å²) in [5.74, 6) is 1.20. The first-order valence-corrected chi connectivity index (χ1v) is 44.3. The van der Waals surface area contributed by atoms with Gasteiger partial charge in [-0.3, -0.25) is 24.4 Å². The average molecular weight is 1840 g/mol. The molecular weight excluding hydrogens is 1740 g/mol. The molecule has 3 saturated heterocycles. The summed E-state index contributed by atoms with van der Waals surface area (Å²) >= 11 is 20.5. The lowest BCUT2D eigenvalue weighted by Gasteiger charge is -2.44. The number of amides is 3. The van der Waals surface area contributed by atoms with Crippen LogP contribution in [0.3, 0.4) is 0 Å². The molecule has 6 unspecified atom stereocenters. The number of terminal acetylenes is 1. The van der Waals surface area contributed by atoms with Gasteiger partial charge in [-0.05, 0) is 182 Å². The second-order valence-electron chi connectivity index (χ2n) is 34.6. The van der Waals surface area contributed by atoms with E-state index in [4.69, 9.17) is 56.2 Å². The number of pyridine rings is 5. The number of hydrogen-bond donors (Lipinski definition) is 0. The largest absolute Gasteiger partial charge is 0.419 e. The molecule has 25 nitrogen and oxygen atoms in total. The molecule has 0 bridgehead atoms. The van der Waals surface area contributed by atoms with Gasteiger partial charge in [-0.1, -0.05) is 138 Å². The number of rotatable bonds is 16. The molecule has 4 aliphatic rings. The number of nitrogens with zero attached hydrogens (tertiary/aromatic N) is 19. The van der Waals surface area contributed by atoms with Gasteiger partial charge in [0.25, 0.3) is 0 Å². The van der Waals surface area contributed by atoms with Crippen molar-refractivity contribution >= 4 is 103 Å². The summed E-state index contributed by atoms with van der Waals surface area (Å²) in [4.78, 5) is 138. The molecule has 3 aromatic carbocycles. The number of alkyl halides is 3. The summed E-state index contributed by atoms with van der Waals surface area (Å²) in [5.41, 5.74) is 5.66. The smallest absolute Gasteiger partial charge is 0.349 e. The maximum atomic E-state index is 15.2. The third-order valence-electron chi connectivity index (χ3n) is 24.4. The fourth-order valence-corrected chi connectivity index (χ4v) is 18.4. The molecule has 6 atom stereocenters. The number of aryl methyl sites for hydroxylation is 3. The van der Waals surface area contributed by atoms with Crippen molar-refractivity contribution in [2.75, 3.05) is 54.0 Å². The quantitative estimate of drug-likeness (QED) is 0.0494. The van der Waals surface area contributed by atoms with E-state index in [2.05, 4.69) is 79.3 Å². The van der Waals surface area contributed by atoms with E-state index in [1.807, 2.05) is 129 Å². The second-order valence-corrected chi connectivity index (χ2v) is 35.9. The summed E-state index contributed by atoms with van der Waals surface area (Å²) in [6.07, 6.45) is 11.4. The van der Waals surface area contributed by atoms with Crippen LogP contribution in [0.4, 0.5) is 39.4 Å². The fourth-order valence-electron chi connectivity index (χ4n) is 17.6. The van der Waals surface area contributed by atoms with Crippen molar-refractivity contribution in [3.8, 4) is 63.2 Å². The van der Waals surface area contributed by atoms with Gasteiger partial charge in [-0.15, -0.1) is 6.42 Å². The van der Waals surface area contributed by atoms with Crippen molar-refractivity contribution in [1.82, 2.24) is 78.2 Å². The van der Waals surface area contributed by atoms with Crippen molar-refractivity contribution in [2.24, 2.45) is 0 Å². The van der Waals surface area contributed by atoms with Crippen molar-refractivity contribution in [1.29, 1.82) is 0 Å². The van der Waals surface area contributed by atoms with E-state index < -0.39 is 46.0 Å². The number of halogens is 8. The van der Waals surface area contributed by atoms with Crippen LogP contribution in [0.5, 0.6) is 0 Å². The molecule has 3 aliphatic heterocycles. The molecule has 0 N–H and O–H groups in total. The van der Waals surface area contributed by atoms with Crippen LogP contribution in [0.1, 0.15) is 170 Å². The fraction of sp³-hybridized carbons (Fsp3) is 0.347. The van der Waals surface area contributed by atoms with Gasteiger partial charge in [0.2, 0.25) is 17.7 Å². The second kappa shape index (κ2) is 37.8. The maximum Gasteiger partial charge on any atom is 0.419 e. The highest BCUT2D eigenvalue weighted by atomic mass is 35.5. The molecule has 12 heterocycles. The summed E-state index contributed by atoms with van der Waals surface area (Å²) in [7, 11) is 0. The monoisotopic (exact) mass is 1840 g/mol. The minimum atomic E-state index is -5.05. The van der Waals surface area contributed by atoms with E-state index in [0.717, 1.165) is 53.1 Å². The minimum Gasteiger partial charge on any atom is -0.349 e. The summed E-state index contributed by atoms with van der Waals surface area (Å²) < 4.78 is 76.5. The molecule has 33 heteroatoms. The zero-order valence-electron chi connectivity index (χ0n) is 75.2. The van der Waals surface area contributed by atoms with E-state index in [1.54, 1.807) is 57.0 Å². The summed E-state index contributed by atoms with van der Waals surface area (Å²) in [6.45, 7) is 42.4. The van der Waals surface area contributed by atoms with Crippen molar-refractivity contribution < 1.29 is 36.3 Å². The first kappa shape index (κ1) is 94.1. The zero-order chi connectivity index (χ0) is 94.7. The van der Waals surface area contributed by atoms with Gasteiger partial charge in [0.05, 0.1) is 88.1 Å². The Morgan fingerprint density at radius 3 is 1.22 bits per heavy atom. The van der Waals surface area contributed by atoms with E-state index >= 15 is 4.39 Å². The molecule has 3 amide bonds. The third kappa shape index (κ3) is 18.2. The van der Waals surface area contributed by atoms with Crippen LogP contribution >= 0.6 is 34.8 Å². The van der Waals surface area contributed by atoms with Gasteiger partial charge in [-0.25, -0.2) is 61.8 Å². The molecule has 1 aliphatic carbocycles. The number of carbonyl (C=O) groups excluding carboxylic acids is 3. The van der Waals surface area contributed by atoms with Gasteiger partial charge in [0, 0.05) is 116 Å². The maximum absolute atomic E-state index is 15.2. The molecule has 4 fully saturated rings. The van der Waals surface area contributed by atoms with E-state index in [9.17, 15) is 46.3 Å². The molecule has 678 valence electrons. The predicted octanol–water partition coefficient (Wildman–Crippen LogP) is 18.2. The Labute approximate surface area is 769 Å². The molecule has 131 heavy (non-hydrogen) atoms. The van der Waals surface area contributed by atoms with E-state index in [1.165, 1.54) is 51.6 Å². The number of hydrogen-bond acceptors (Lipinski definition) is 19. The van der Waals surface area contributed by atoms with Crippen LogP contribution in [0, 0.1) is 44.7 Å². The van der Waals surface area contributed by atoms with E-state index in [0.29, 0.717) is 117 Å². The van der Waals surface area contributed by atoms with Gasteiger partial charge >= 0.3 is 23.2 Å². The van der Waals surface area contributed by atoms with Crippen LogP contribution in [0.25, 0.3) is 83.9 Å². The Hall–Kier alpha value is -13.0. The van der Waals surface area contributed by atoms with Gasteiger partial charge in [0.15, 0.2) is 16.9 Å². The number of benzene rings is 3. The highest BCUT2D eigenvalue weighted by Crippen LogP contribution is 2.47. The topological polar surface area (TPSA) is 266 Å². The number of aromatic nitrogens is 13. The number of carbonyl (C=O) groups is 3. The van der Waals surface area contributed by atoms with Crippen LogP contribution in [-0.2, 0) is 20.6 Å². The zero-order valence-corrected chi connectivity index (χ0v) is 77.5. The number of piperazine rings is 3. The van der Waals surface area contributed by atoms with Crippen LogP contribution in [0.2, 0.25) is 15.1 Å². The van der Waals surface area contributed by atoms with Crippen LogP contribution in [-0.4, -0.2) is 171 Å². The molecule has 1 saturated carbocycles. The van der Waals surface area contributed by atoms with Crippen molar-refractivity contribution in [2.45, 2.75) is 183 Å². The third-order valence-corrected chi connectivity index (χ3v) is 25.2. The van der Waals surface area contributed by atoms with Crippen molar-refractivity contribution in [3.05, 3.63) is 256 Å². The SMILES string of the molecule is C#Cc1ccc(F)c(-c2nc3c(cc2Cl)c(N2CC(C)N(C(=O)C=C)CC2C)nc(=O)n3-c2c(C)ccnc2C(C)C)c1.C=CC(=O)N1CC(C)N(c2nc(=O)n(-c3c(C(C)C)ncnc3C3CC3)c3nc(-c4ccccc4C)c(Cl)cc23)CC1C.C=CC(=O)N1CC(C)N(c2nc(=O)n(-c3c(C)ccnc3C(C)C)c3nc(-c4cccc(F)c4C(F)(F)F)c(Cl)cc23)CC1C. The number of fused-ring (bicyclic) bond motifs is 3. The van der Waals surface area contributed by atoms with Crippen molar-refractivity contribution in [3.63, 3.8) is 0 Å². The van der Waals surface area contributed by atoms with Gasteiger partial charge < -0.3 is 29.4 Å². The molecular formula is C98H99Cl3F5N19O6. The Morgan fingerprint density at radius 2 is 0.840 bits per heavy atom. The predicted molar refractivity (Wildman–Crippen MR) is 504 cm³/mol. The standard InChI is InChI=1S/C33H32ClFN6O2.C33H36ClN7O2.C32H31ClF4N6O2/c1-8-22-10-11-26(35)23(14-22)29-25(34)15-24-31(40-17-20(6)39(16-21(40)7)27(42)9-2)38-33(43)41(32(24)37-29)30-19(5)12-13-36-28(30)18(3)4;1-7-26(42)39-15-21(6)40(16-20(39)5)31-24-14-25(34)29(23-11-9-8-10-19(23)4)37-32(24)41(33(43)38-31)30-27(18(2)3)35-17-36-28(30)22-12-13-22;1-7-24(44)41-14-19(6)42(15-18(41)5)29-21-13-22(33)27(20-9-8-10-23(34)25(20)32(35,36)37)39-30(21)43(31(45)40-29)28-17(4)11-12-38-26(28)16(2)3/h1,9-15,18,20-21H,2,16-17H2,3-7H3;7-11,14,17-18,20-22H,1,12-13,15-16H2,2-6H3;7-13,16,18-19H,1,14-15H2,2-6H3. The molecule has 9 aromatic heterocycles. The average Bonchev–Trinajstić information content (AvgIpc) is 1.42. The van der Waals surface area contributed by atoms with Gasteiger partial charge in [0.1, 0.15) is 41.0 Å². The normalized spacial score (nSPS) is 17.7. The van der Waals surface area contributed by atoms with Crippen LogP contribution < -0.4 is 31.8 Å². The first-order valence-electron chi connectivity index (χ1n) is 43.2. The lowest BCUT2D eigenvalue weighted by molar-refractivity contribution is -0.139. The summed E-state index contributed by atoms with van der Waals surface area (Å²) in [6, 6.07) is 22.4. The highest BCUT2D eigenvalue weighted by molar-refractivity contribution is 6.35. The van der Waals surface area contributed by atoms with Gasteiger partial charge in [-0.2, -0.15) is 28.1 Å². The Bertz CT molecular complexity index is 6850.